The number of hydrazone groups is 1. The third-order valence-corrected chi connectivity index (χ3v) is 6.07. The van der Waals surface area contributed by atoms with E-state index in [0.29, 0.717) is 51.6 Å². The molecule has 3 aromatic rings. The van der Waals surface area contributed by atoms with E-state index in [9.17, 15) is 14.4 Å². The SMILES string of the molecule is COc1cc(C(=O)Oc2ccc(C=NNC(=O)CCCNC(=O)c3ccccc3Br)cc2)cc(OC)c1OC. The Kier molecular flexibility index (Phi) is 10.9. The largest absolute Gasteiger partial charge is 0.493 e. The van der Waals surface area contributed by atoms with Crippen molar-refractivity contribution in [2.75, 3.05) is 27.9 Å². The van der Waals surface area contributed by atoms with Crippen LogP contribution in [-0.4, -0.2) is 51.9 Å². The molecular formula is C28H28BrN3O7. The summed E-state index contributed by atoms with van der Waals surface area (Å²) in [4.78, 5) is 36.8. The first-order valence-corrected chi connectivity index (χ1v) is 12.6. The van der Waals surface area contributed by atoms with Gasteiger partial charge in [0.2, 0.25) is 11.7 Å². The molecule has 39 heavy (non-hydrogen) atoms. The molecule has 0 saturated carbocycles. The fourth-order valence-electron chi connectivity index (χ4n) is 3.41. The number of hydrogen-bond acceptors (Lipinski definition) is 8. The third kappa shape index (κ3) is 8.30. The van der Waals surface area contributed by atoms with Gasteiger partial charge in [0.05, 0.1) is 38.7 Å². The van der Waals surface area contributed by atoms with Crippen LogP contribution in [0.2, 0.25) is 0 Å². The van der Waals surface area contributed by atoms with Gasteiger partial charge in [0.1, 0.15) is 5.75 Å². The first kappa shape index (κ1) is 29.2. The van der Waals surface area contributed by atoms with E-state index in [1.54, 1.807) is 42.5 Å². The van der Waals surface area contributed by atoms with Crippen molar-refractivity contribution in [2.24, 2.45) is 5.10 Å². The molecule has 204 valence electrons. The summed E-state index contributed by atoms with van der Waals surface area (Å²) in [6.07, 6.45) is 2.13. The van der Waals surface area contributed by atoms with E-state index in [-0.39, 0.29) is 23.8 Å². The maximum atomic E-state index is 12.6. The molecule has 0 spiro atoms. The summed E-state index contributed by atoms with van der Waals surface area (Å²) in [7, 11) is 4.39. The van der Waals surface area contributed by atoms with Gasteiger partial charge in [-0.3, -0.25) is 9.59 Å². The molecule has 0 atom stereocenters. The number of rotatable bonds is 12. The summed E-state index contributed by atoms with van der Waals surface area (Å²) < 4.78 is 22.0. The van der Waals surface area contributed by atoms with Gasteiger partial charge in [0.25, 0.3) is 5.91 Å². The first-order chi connectivity index (χ1) is 18.9. The topological polar surface area (TPSA) is 125 Å². The van der Waals surface area contributed by atoms with Crippen LogP contribution in [0.3, 0.4) is 0 Å². The van der Waals surface area contributed by atoms with Gasteiger partial charge in [0, 0.05) is 17.4 Å². The number of esters is 1. The highest BCUT2D eigenvalue weighted by Crippen LogP contribution is 2.38. The molecule has 2 N–H and O–H groups in total. The van der Waals surface area contributed by atoms with E-state index in [4.69, 9.17) is 18.9 Å². The maximum Gasteiger partial charge on any atom is 0.343 e. The summed E-state index contributed by atoms with van der Waals surface area (Å²) in [5.41, 5.74) is 3.90. The van der Waals surface area contributed by atoms with Crippen LogP contribution in [-0.2, 0) is 4.79 Å². The van der Waals surface area contributed by atoms with Gasteiger partial charge in [0.15, 0.2) is 11.5 Å². The molecular weight excluding hydrogens is 570 g/mol. The van der Waals surface area contributed by atoms with E-state index in [1.165, 1.54) is 39.7 Å². The smallest absolute Gasteiger partial charge is 0.343 e. The van der Waals surface area contributed by atoms with Crippen LogP contribution >= 0.6 is 15.9 Å². The monoisotopic (exact) mass is 597 g/mol. The summed E-state index contributed by atoms with van der Waals surface area (Å²) in [5.74, 6) is 0.270. The second-order valence-corrected chi connectivity index (χ2v) is 8.86. The van der Waals surface area contributed by atoms with Crippen molar-refractivity contribution in [1.82, 2.24) is 10.7 Å². The fraction of sp³-hybridized carbons (Fsp3) is 0.214. The highest BCUT2D eigenvalue weighted by atomic mass is 79.9. The molecule has 0 unspecified atom stereocenters. The molecule has 0 saturated heterocycles. The van der Waals surface area contributed by atoms with Gasteiger partial charge < -0.3 is 24.3 Å². The van der Waals surface area contributed by atoms with Gasteiger partial charge in [-0.05, 0) is 76.4 Å². The van der Waals surface area contributed by atoms with Crippen LogP contribution in [0.1, 0.15) is 39.1 Å². The minimum Gasteiger partial charge on any atom is -0.493 e. The highest BCUT2D eigenvalue weighted by molar-refractivity contribution is 9.10. The van der Waals surface area contributed by atoms with Crippen LogP contribution in [0.25, 0.3) is 0 Å². The highest BCUT2D eigenvalue weighted by Gasteiger charge is 2.18. The van der Waals surface area contributed by atoms with Crippen molar-refractivity contribution in [3.63, 3.8) is 0 Å². The molecule has 0 aliphatic heterocycles. The van der Waals surface area contributed by atoms with Crippen molar-refractivity contribution in [3.05, 3.63) is 81.8 Å². The average Bonchev–Trinajstić information content (AvgIpc) is 2.95. The number of benzene rings is 3. The summed E-state index contributed by atoms with van der Waals surface area (Å²) >= 11 is 3.34. The molecule has 11 heteroatoms. The Hall–Kier alpha value is -4.38. The zero-order chi connectivity index (χ0) is 28.2. The number of nitrogens with one attached hydrogen (secondary N) is 2. The Morgan fingerprint density at radius 3 is 2.21 bits per heavy atom. The maximum absolute atomic E-state index is 12.6. The van der Waals surface area contributed by atoms with E-state index in [2.05, 4.69) is 31.8 Å². The number of carbonyl (C=O) groups excluding carboxylic acids is 3. The normalized spacial score (nSPS) is 10.6. The van der Waals surface area contributed by atoms with Gasteiger partial charge in [-0.25, -0.2) is 10.2 Å². The Bertz CT molecular complexity index is 1320. The molecule has 0 aliphatic carbocycles. The second-order valence-electron chi connectivity index (χ2n) is 8.01. The van der Waals surface area contributed by atoms with E-state index in [0.717, 1.165) is 0 Å². The minimum atomic E-state index is -0.601. The lowest BCUT2D eigenvalue weighted by molar-refractivity contribution is -0.121. The number of methoxy groups -OCH3 is 3. The molecule has 3 aromatic carbocycles. The van der Waals surface area contributed by atoms with Crippen LogP contribution in [0, 0.1) is 0 Å². The second kappa shape index (κ2) is 14.5. The Labute approximate surface area is 234 Å². The predicted octanol–water partition coefficient (Wildman–Crippen LogP) is 4.35. The summed E-state index contributed by atoms with van der Waals surface area (Å²) in [5, 5.41) is 6.72. The van der Waals surface area contributed by atoms with Crippen LogP contribution in [0.5, 0.6) is 23.0 Å². The molecule has 0 aliphatic rings. The van der Waals surface area contributed by atoms with Crippen molar-refractivity contribution in [3.8, 4) is 23.0 Å². The van der Waals surface area contributed by atoms with Crippen LogP contribution in [0.15, 0.2) is 70.2 Å². The third-order valence-electron chi connectivity index (χ3n) is 5.38. The Morgan fingerprint density at radius 2 is 1.59 bits per heavy atom. The molecule has 0 fully saturated rings. The molecule has 2 amide bonds. The zero-order valence-electron chi connectivity index (χ0n) is 21.7. The molecule has 3 rings (SSSR count). The van der Waals surface area contributed by atoms with Gasteiger partial charge in [-0.15, -0.1) is 0 Å². The lowest BCUT2D eigenvalue weighted by atomic mass is 10.2. The summed E-state index contributed by atoms with van der Waals surface area (Å²) in [6.45, 7) is 0.355. The average molecular weight is 598 g/mol. The number of hydrogen-bond donors (Lipinski definition) is 2. The Balaban J connectivity index is 1.45. The predicted molar refractivity (Wildman–Crippen MR) is 149 cm³/mol. The standard InChI is InChI=1S/C28H28BrN3O7/c1-36-23-15-19(16-24(37-2)26(23)38-3)28(35)39-20-12-10-18(11-13-20)17-31-32-25(33)9-6-14-30-27(34)21-7-4-5-8-22(21)29/h4-5,7-8,10-13,15-17H,6,9,14H2,1-3H3,(H,30,34)(H,32,33). The lowest BCUT2D eigenvalue weighted by Crippen LogP contribution is -2.26. The van der Waals surface area contributed by atoms with Crippen molar-refractivity contribution < 1.29 is 33.3 Å². The molecule has 0 radical (unpaired) electrons. The van der Waals surface area contributed by atoms with Gasteiger partial charge in [-0.1, -0.05) is 12.1 Å². The van der Waals surface area contributed by atoms with Crippen molar-refractivity contribution >= 4 is 39.9 Å². The number of nitrogens with zero attached hydrogens (tertiary/aromatic N) is 1. The van der Waals surface area contributed by atoms with Crippen molar-refractivity contribution in [2.45, 2.75) is 12.8 Å². The number of amides is 2. The molecule has 0 aromatic heterocycles. The van der Waals surface area contributed by atoms with E-state index < -0.39 is 5.97 Å². The number of ether oxygens (including phenoxy) is 4. The fourth-order valence-corrected chi connectivity index (χ4v) is 3.88. The molecule has 10 nitrogen and oxygen atoms in total. The quantitative estimate of drug-likeness (QED) is 0.104. The first-order valence-electron chi connectivity index (χ1n) is 11.8. The Morgan fingerprint density at radius 1 is 0.923 bits per heavy atom. The summed E-state index contributed by atoms with van der Waals surface area (Å²) in [6, 6.07) is 16.7. The van der Waals surface area contributed by atoms with Gasteiger partial charge in [-0.2, -0.15) is 5.10 Å². The molecule has 0 bridgehead atoms. The van der Waals surface area contributed by atoms with E-state index in [1.807, 2.05) is 6.07 Å². The van der Waals surface area contributed by atoms with Crippen LogP contribution < -0.4 is 29.7 Å². The van der Waals surface area contributed by atoms with Crippen LogP contribution in [0.4, 0.5) is 0 Å². The van der Waals surface area contributed by atoms with Gasteiger partial charge >= 0.3 is 5.97 Å². The number of carbonyl (C=O) groups is 3. The number of halogens is 1. The lowest BCUT2D eigenvalue weighted by Gasteiger charge is -2.13. The van der Waals surface area contributed by atoms with Crippen molar-refractivity contribution in [1.29, 1.82) is 0 Å². The minimum absolute atomic E-state index is 0.198. The zero-order valence-corrected chi connectivity index (χ0v) is 23.2. The van der Waals surface area contributed by atoms with E-state index >= 15 is 0 Å². The molecule has 0 heterocycles.